The lowest BCUT2D eigenvalue weighted by molar-refractivity contribution is -0.197. The number of aliphatic carboxylic acids is 2. The number of carboxylic acids is 2. The first-order chi connectivity index (χ1) is 52.7. The molecule has 3 heterocycles. The summed E-state index contributed by atoms with van der Waals surface area (Å²) >= 11 is 0. The standard InChI is InChI=1S/C24H35N3O9.C20H29N3O6.C14H16N2O6.C13H23N3O6.CH3F.2CH4/c1-15(11-18(28)7-5-4-6-10-27-20(30)8-9-21(27)31)24(35)26-17(3)19(29)12-16(2)23(34)25-14-36-13-22(32)33;1-13(9-17(24)15(3)23-20(27)14(2)21)19(26)22-12-28-11-18(25)29-10-16-7-5-4-6-8-16;17-10-5-6-11(18)15(10)9-3-1-2-4-14(21)22-16-12(19)7-8-13(16)20;1-7(12(20)15-6-22-5-11(18)19)4-10(17)9(3)16-13(21)8(2)14;1-2;;/h8-9,15-17H,4-7,10-14H2,1-3H3,(H,25,34)(H,26,35)(H,32,33);4-8,13-15H,9-12,21H2,1-3H3,(H,22,26)(H,23,27);5-6H,1-4,7-9H2;7-9H,4-6,14H2,1-3H3,(H,15,20)(H,16,21)(H,18,19);1H3;2*1H4/t15-,16-,17-;13-,14+,15-;;7-,8+,9-;;;/m11.1.../s1/i;;;;1D;;. The Morgan fingerprint density at radius 1 is 0.469 bits per heavy atom. The number of hydrogen-bond acceptors (Lipinski definition) is 27. The number of carboxylic acid groups (broad SMARTS) is 2. The summed E-state index contributed by atoms with van der Waals surface area (Å²) in [7, 11) is -1.00. The number of nitrogens with one attached hydrogen (secondary N) is 6. The number of esters is 1. The summed E-state index contributed by atoms with van der Waals surface area (Å²) in [6, 6.07) is 5.45. The van der Waals surface area contributed by atoms with Crippen LogP contribution in [0.1, 0.15) is 174 Å². The molecule has 9 atom stereocenters. The lowest BCUT2D eigenvalue weighted by Crippen LogP contribution is -2.46. The number of benzene rings is 1. The van der Waals surface area contributed by atoms with Gasteiger partial charge in [0.2, 0.25) is 35.4 Å². The Labute approximate surface area is 657 Å². The second kappa shape index (κ2) is 59.1. The van der Waals surface area contributed by atoms with Crippen molar-refractivity contribution in [3.05, 3.63) is 60.2 Å². The van der Waals surface area contributed by atoms with E-state index in [0.717, 1.165) is 15.4 Å². The van der Waals surface area contributed by atoms with Crippen LogP contribution in [0.4, 0.5) is 4.39 Å². The highest BCUT2D eigenvalue weighted by Gasteiger charge is 2.33. The molecule has 113 heavy (non-hydrogen) atoms. The first-order valence-corrected chi connectivity index (χ1v) is 35.4. The fourth-order valence-electron chi connectivity index (χ4n) is 9.21. The van der Waals surface area contributed by atoms with Crippen molar-refractivity contribution in [1.82, 2.24) is 46.8 Å². The Hall–Kier alpha value is -10.8. The molecule has 12 amide bonds. The number of hydrogen-bond donors (Lipinski definition) is 10. The summed E-state index contributed by atoms with van der Waals surface area (Å²) < 4.78 is 35.0. The Morgan fingerprint density at radius 3 is 1.16 bits per heavy atom. The number of unbranched alkanes of at least 4 members (excludes halogenated alkanes) is 4. The van der Waals surface area contributed by atoms with Gasteiger partial charge in [-0.25, -0.2) is 19.2 Å². The Kier molecular flexibility index (Phi) is 54.5. The second-order valence-electron chi connectivity index (χ2n) is 25.7. The van der Waals surface area contributed by atoms with E-state index in [1.54, 1.807) is 20.8 Å². The molecule has 0 aliphatic carbocycles. The Bertz CT molecular complexity index is 3400. The SMILES string of the molecule is C.C.C[C@H](CC(=O)[C@@H](C)NC(=O)[C@H](C)CC(=O)CCCCCN1C(=O)C=CC1=O)C(=O)NCOCC(=O)O.C[C@H](N)C(=O)N[C@H](C)C(=O)C[C@@H](C)C(=O)NCOCC(=O)O.C[C@H](N)C(=O)N[C@H](C)C(=O)C[C@@H](C)C(=O)NCOCC(=O)OCc1ccccc1.O=C(CCCCCN1C(=O)C=CC1=O)ON1C(=O)CCC1=O.[2H]CF. The van der Waals surface area contributed by atoms with Gasteiger partial charge in [0.25, 0.3) is 35.4 Å². The molecule has 0 saturated carbocycles. The molecule has 1 aromatic carbocycles. The number of carbonyl (C=O) groups is 20. The third-order valence-corrected chi connectivity index (χ3v) is 15.8. The zero-order valence-corrected chi connectivity index (χ0v) is 63.8. The van der Waals surface area contributed by atoms with Gasteiger partial charge in [0.1, 0.15) is 52.4 Å². The summed E-state index contributed by atoms with van der Waals surface area (Å²) in [5.41, 5.74) is 11.7. The predicted octanol–water partition coefficient (Wildman–Crippen LogP) is 1.15. The maximum atomic E-state index is 12.4. The number of nitrogens with zero attached hydrogens (tertiary/aromatic N) is 3. The third kappa shape index (κ3) is 46.6. The first-order valence-electron chi connectivity index (χ1n) is 36.1. The molecule has 0 aromatic heterocycles. The molecule has 38 nitrogen and oxygen atoms in total. The summed E-state index contributed by atoms with van der Waals surface area (Å²) in [6.45, 7) is 12.5. The molecule has 0 unspecified atom stereocenters. The van der Waals surface area contributed by atoms with Crippen molar-refractivity contribution in [1.29, 1.82) is 0 Å². The van der Waals surface area contributed by atoms with Gasteiger partial charge in [-0.3, -0.25) is 90.9 Å². The van der Waals surface area contributed by atoms with Crippen LogP contribution in [0.2, 0.25) is 0 Å². The summed E-state index contributed by atoms with van der Waals surface area (Å²) in [5.74, 6) is -12.1. The van der Waals surface area contributed by atoms with E-state index in [4.69, 9.17) is 42.1 Å². The fourth-order valence-corrected chi connectivity index (χ4v) is 9.21. The van der Waals surface area contributed by atoms with E-state index >= 15 is 0 Å². The highest BCUT2D eigenvalue weighted by atomic mass is 19.1. The highest BCUT2D eigenvalue weighted by molar-refractivity contribution is 6.13. The number of imide groups is 3. The van der Waals surface area contributed by atoms with Crippen LogP contribution in [0.15, 0.2) is 54.6 Å². The number of ether oxygens (including phenoxy) is 4. The molecular formula is C74H114FN11O27. The van der Waals surface area contributed by atoms with Crippen molar-refractivity contribution in [2.24, 2.45) is 35.1 Å². The van der Waals surface area contributed by atoms with Gasteiger partial charge in [0.15, 0.2) is 17.3 Å². The number of carbonyl (C=O) groups excluding carboxylic acids is 18. The molecule has 0 bridgehead atoms. The largest absolute Gasteiger partial charge is 0.480 e. The van der Waals surface area contributed by atoms with E-state index in [1.807, 2.05) is 30.3 Å². The van der Waals surface area contributed by atoms with Gasteiger partial charge in [-0.05, 0) is 65.9 Å². The van der Waals surface area contributed by atoms with Gasteiger partial charge in [0.05, 0.1) is 38.7 Å². The molecule has 1 saturated heterocycles. The van der Waals surface area contributed by atoms with E-state index in [1.165, 1.54) is 65.8 Å². The molecule has 1 fully saturated rings. The fraction of sp³-hybridized carbons (Fsp3) is 0.595. The van der Waals surface area contributed by atoms with E-state index in [-0.39, 0.29) is 146 Å². The van der Waals surface area contributed by atoms with Crippen LogP contribution in [-0.2, 0) is 126 Å². The molecule has 1 aromatic rings. The Balaban J connectivity index is -0.00000144. The molecule has 0 spiro atoms. The van der Waals surface area contributed by atoms with Gasteiger partial charge in [-0.2, -0.15) is 0 Å². The van der Waals surface area contributed by atoms with Gasteiger partial charge >= 0.3 is 23.9 Å². The molecule has 3 aliphatic rings. The third-order valence-electron chi connectivity index (χ3n) is 15.8. The van der Waals surface area contributed by atoms with Crippen LogP contribution in [0.5, 0.6) is 0 Å². The van der Waals surface area contributed by atoms with Gasteiger partial charge < -0.3 is 77.4 Å². The summed E-state index contributed by atoms with van der Waals surface area (Å²) in [4.78, 5) is 238. The van der Waals surface area contributed by atoms with Crippen LogP contribution in [0.25, 0.3) is 0 Å². The average Bonchev–Trinajstić information content (AvgIpc) is 1.78. The lowest BCUT2D eigenvalue weighted by Gasteiger charge is -2.18. The number of Topliss-reactive ketones (excluding diaryl/α,β-unsaturated/α-hetero) is 4. The summed E-state index contributed by atoms with van der Waals surface area (Å²) in [5, 5.41) is 32.1. The van der Waals surface area contributed by atoms with Crippen LogP contribution in [0.3, 0.4) is 0 Å². The predicted molar refractivity (Wildman–Crippen MR) is 400 cm³/mol. The van der Waals surface area contributed by atoms with Crippen molar-refractivity contribution in [2.75, 3.05) is 60.3 Å². The van der Waals surface area contributed by atoms with Crippen molar-refractivity contribution in [3.63, 3.8) is 0 Å². The number of nitrogens with two attached hydrogens (primary N) is 2. The number of hydroxylamine groups is 2. The van der Waals surface area contributed by atoms with E-state index < -0.39 is 145 Å². The van der Waals surface area contributed by atoms with Crippen LogP contribution in [0, 0.1) is 23.7 Å². The minimum atomic E-state index is -1.17. The zero-order valence-electron chi connectivity index (χ0n) is 64.8. The van der Waals surface area contributed by atoms with Gasteiger partial charge in [-0.15, -0.1) is 5.06 Å². The Morgan fingerprint density at radius 2 is 0.805 bits per heavy atom. The van der Waals surface area contributed by atoms with Crippen LogP contribution >= 0.6 is 0 Å². The molecule has 634 valence electrons. The average molecular weight is 1610 g/mol. The van der Waals surface area contributed by atoms with Crippen LogP contribution in [-0.4, -0.2) is 233 Å². The van der Waals surface area contributed by atoms with E-state index in [9.17, 15) is 100 Å². The molecule has 4 rings (SSSR count). The van der Waals surface area contributed by atoms with Crippen molar-refractivity contribution in [3.8, 4) is 0 Å². The topological polar surface area (TPSA) is 562 Å². The molecular weight excluding hydrogens is 1490 g/mol. The van der Waals surface area contributed by atoms with Gasteiger partial charge in [-0.1, -0.05) is 85.7 Å². The molecule has 12 N–H and O–H groups in total. The zero-order chi connectivity index (χ0) is 85.2. The molecule has 0 radical (unpaired) electrons. The maximum Gasteiger partial charge on any atom is 0.333 e. The normalized spacial score (nSPS) is 14.9. The van der Waals surface area contributed by atoms with Crippen molar-refractivity contribution < 1.29 is 136 Å². The van der Waals surface area contributed by atoms with Crippen molar-refractivity contribution >= 4 is 118 Å². The smallest absolute Gasteiger partial charge is 0.333 e. The van der Waals surface area contributed by atoms with E-state index in [2.05, 4.69) is 36.6 Å². The van der Waals surface area contributed by atoms with E-state index in [0.29, 0.717) is 56.7 Å². The van der Waals surface area contributed by atoms with Gasteiger partial charge in [0, 0.05) is 112 Å². The number of halogens is 1. The minimum Gasteiger partial charge on any atom is -0.480 e. The monoisotopic (exact) mass is 1610 g/mol. The second-order valence-corrected chi connectivity index (χ2v) is 25.7. The van der Waals surface area contributed by atoms with Crippen LogP contribution < -0.4 is 43.4 Å². The summed E-state index contributed by atoms with van der Waals surface area (Å²) in [6.07, 6.45) is 8.67. The molecule has 3 aliphatic heterocycles. The maximum absolute atomic E-state index is 12.4. The number of rotatable bonds is 47. The number of ketones is 4. The number of alkyl halides is 1. The highest BCUT2D eigenvalue weighted by Crippen LogP contribution is 2.16. The lowest BCUT2D eigenvalue weighted by atomic mass is 9.98. The number of amides is 12. The minimum absolute atomic E-state index is 0. The molecule has 39 heteroatoms. The van der Waals surface area contributed by atoms with Crippen molar-refractivity contribution in [2.45, 2.75) is 204 Å². The quantitative estimate of drug-likeness (QED) is 0.0189. The first kappa shape index (κ1) is 104.